The highest BCUT2D eigenvalue weighted by molar-refractivity contribution is 7.14. The molecule has 0 saturated carbocycles. The van der Waals surface area contributed by atoms with Crippen molar-refractivity contribution in [3.05, 3.63) is 15.8 Å². The van der Waals surface area contributed by atoms with Crippen molar-refractivity contribution in [1.29, 1.82) is 0 Å². The van der Waals surface area contributed by atoms with Crippen molar-refractivity contribution in [2.45, 2.75) is 26.2 Å². The predicted octanol–water partition coefficient (Wildman–Crippen LogP) is 1.99. The maximum absolute atomic E-state index is 11.4. The number of carbonyl (C=O) groups excluding carboxylic acids is 1. The van der Waals surface area contributed by atoms with Crippen molar-refractivity contribution in [3.8, 4) is 0 Å². The molecule has 0 atom stereocenters. The normalized spacial score (nSPS) is 11.4. The summed E-state index contributed by atoms with van der Waals surface area (Å²) in [4.78, 5) is 13.1. The van der Waals surface area contributed by atoms with E-state index in [1.54, 1.807) is 7.05 Å². The summed E-state index contributed by atoms with van der Waals surface area (Å²) >= 11 is 1.46. The number of rotatable bonds is 1. The number of carbonyl (C=O) groups is 1. The van der Waals surface area contributed by atoms with E-state index in [9.17, 15) is 4.79 Å². The molecule has 3 N–H and O–H groups in total. The molecule has 0 fully saturated rings. The van der Waals surface area contributed by atoms with Gasteiger partial charge in [0.05, 0.1) is 5.69 Å². The Hall–Kier alpha value is -1.03. The quantitative estimate of drug-likeness (QED) is 0.748. The summed E-state index contributed by atoms with van der Waals surface area (Å²) in [6.45, 7) is 6.31. The first kappa shape index (κ1) is 11.0. The van der Waals surface area contributed by atoms with Crippen LogP contribution in [-0.2, 0) is 5.41 Å². The smallest absolute Gasteiger partial charge is 0.263 e. The third-order valence-electron chi connectivity index (χ3n) is 1.93. The minimum Gasteiger partial charge on any atom is -0.397 e. The molecule has 14 heavy (non-hydrogen) atoms. The van der Waals surface area contributed by atoms with E-state index in [2.05, 4.69) is 26.1 Å². The van der Waals surface area contributed by atoms with E-state index in [0.29, 0.717) is 10.6 Å². The molecule has 0 aliphatic heterocycles. The number of hydrogen-bond acceptors (Lipinski definition) is 3. The van der Waals surface area contributed by atoms with Crippen LogP contribution in [0.15, 0.2) is 6.07 Å². The lowest BCUT2D eigenvalue weighted by molar-refractivity contribution is 0.0968. The van der Waals surface area contributed by atoms with Crippen LogP contribution in [0, 0.1) is 0 Å². The highest BCUT2D eigenvalue weighted by atomic mass is 32.1. The van der Waals surface area contributed by atoms with Crippen molar-refractivity contribution in [3.63, 3.8) is 0 Å². The number of nitrogen functional groups attached to an aromatic ring is 1. The molecule has 0 aliphatic rings. The Morgan fingerprint density at radius 2 is 2.07 bits per heavy atom. The Labute approximate surface area is 88.3 Å². The van der Waals surface area contributed by atoms with Crippen LogP contribution in [-0.4, -0.2) is 13.0 Å². The van der Waals surface area contributed by atoms with Gasteiger partial charge in [-0.25, -0.2) is 0 Å². The Bertz CT molecular complexity index is 349. The number of amides is 1. The average Bonchev–Trinajstić information content (AvgIpc) is 2.45. The second-order valence-electron chi connectivity index (χ2n) is 4.22. The average molecular weight is 212 g/mol. The first-order valence-corrected chi connectivity index (χ1v) is 5.29. The molecular weight excluding hydrogens is 196 g/mol. The second kappa shape index (κ2) is 3.61. The zero-order valence-electron chi connectivity index (χ0n) is 8.97. The molecular formula is C10H16N2OS. The predicted molar refractivity (Wildman–Crippen MR) is 60.8 cm³/mol. The molecule has 0 radical (unpaired) electrons. The molecule has 78 valence electrons. The summed E-state index contributed by atoms with van der Waals surface area (Å²) in [5, 5.41) is 2.58. The molecule has 0 aromatic carbocycles. The minimum absolute atomic E-state index is 0.0467. The summed E-state index contributed by atoms with van der Waals surface area (Å²) in [6.07, 6.45) is 0. The molecule has 1 amide bonds. The maximum Gasteiger partial charge on any atom is 0.263 e. The lowest BCUT2D eigenvalue weighted by atomic mass is 9.95. The van der Waals surface area contributed by atoms with E-state index < -0.39 is 0 Å². The van der Waals surface area contributed by atoms with Crippen LogP contribution >= 0.6 is 11.3 Å². The molecule has 4 heteroatoms. The molecule has 0 aliphatic carbocycles. The fourth-order valence-electron chi connectivity index (χ4n) is 1.07. The van der Waals surface area contributed by atoms with Gasteiger partial charge in [-0.1, -0.05) is 20.8 Å². The third-order valence-corrected chi connectivity index (χ3v) is 3.51. The number of nitrogens with two attached hydrogens (primary N) is 1. The molecule has 0 spiro atoms. The van der Waals surface area contributed by atoms with Gasteiger partial charge in [0.15, 0.2) is 0 Å². The first-order chi connectivity index (χ1) is 6.36. The zero-order valence-corrected chi connectivity index (χ0v) is 9.79. The summed E-state index contributed by atoms with van der Waals surface area (Å²) in [5.41, 5.74) is 6.38. The summed E-state index contributed by atoms with van der Waals surface area (Å²) in [6, 6.07) is 1.88. The van der Waals surface area contributed by atoms with Gasteiger partial charge in [-0.05, 0) is 11.5 Å². The third kappa shape index (κ3) is 2.07. The van der Waals surface area contributed by atoms with Gasteiger partial charge < -0.3 is 11.1 Å². The first-order valence-electron chi connectivity index (χ1n) is 4.48. The highest BCUT2D eigenvalue weighted by Gasteiger charge is 2.20. The van der Waals surface area contributed by atoms with Gasteiger partial charge in [-0.3, -0.25) is 4.79 Å². The Kier molecular flexibility index (Phi) is 2.85. The van der Waals surface area contributed by atoms with E-state index in [1.807, 2.05) is 6.07 Å². The molecule has 0 bridgehead atoms. The van der Waals surface area contributed by atoms with Gasteiger partial charge in [0.1, 0.15) is 4.88 Å². The van der Waals surface area contributed by atoms with E-state index in [4.69, 9.17) is 5.73 Å². The summed E-state index contributed by atoms with van der Waals surface area (Å²) < 4.78 is 0. The van der Waals surface area contributed by atoms with Gasteiger partial charge in [0.25, 0.3) is 5.91 Å². The molecule has 0 saturated heterocycles. The Morgan fingerprint density at radius 3 is 2.43 bits per heavy atom. The van der Waals surface area contributed by atoms with Crippen molar-refractivity contribution in [2.24, 2.45) is 0 Å². The van der Waals surface area contributed by atoms with Crippen LogP contribution in [0.25, 0.3) is 0 Å². The van der Waals surface area contributed by atoms with E-state index in [1.165, 1.54) is 11.3 Å². The number of hydrogen-bond donors (Lipinski definition) is 2. The van der Waals surface area contributed by atoms with Gasteiger partial charge in [-0.2, -0.15) is 0 Å². The number of anilines is 1. The van der Waals surface area contributed by atoms with Gasteiger partial charge in [0, 0.05) is 11.9 Å². The van der Waals surface area contributed by atoms with Crippen LogP contribution in [0.3, 0.4) is 0 Å². The molecule has 0 unspecified atom stereocenters. The minimum atomic E-state index is -0.108. The van der Waals surface area contributed by atoms with Gasteiger partial charge >= 0.3 is 0 Å². The molecule has 3 nitrogen and oxygen atoms in total. The van der Waals surface area contributed by atoms with Crippen molar-refractivity contribution < 1.29 is 4.79 Å². The summed E-state index contributed by atoms with van der Waals surface area (Å²) in [7, 11) is 1.61. The van der Waals surface area contributed by atoms with Crippen molar-refractivity contribution >= 4 is 22.9 Å². The largest absolute Gasteiger partial charge is 0.397 e. The second-order valence-corrected chi connectivity index (χ2v) is 5.28. The summed E-state index contributed by atoms with van der Waals surface area (Å²) in [5.74, 6) is -0.108. The van der Waals surface area contributed by atoms with Crippen LogP contribution in [0.1, 0.15) is 35.3 Å². The lowest BCUT2D eigenvalue weighted by Crippen LogP contribution is -2.17. The SMILES string of the molecule is CNC(=O)c1sc(C(C)(C)C)cc1N. The van der Waals surface area contributed by atoms with Gasteiger partial charge in [-0.15, -0.1) is 11.3 Å². The topological polar surface area (TPSA) is 55.1 Å². The van der Waals surface area contributed by atoms with E-state index in [-0.39, 0.29) is 11.3 Å². The van der Waals surface area contributed by atoms with Crippen molar-refractivity contribution in [1.82, 2.24) is 5.32 Å². The fourth-order valence-corrected chi connectivity index (χ4v) is 2.15. The maximum atomic E-state index is 11.4. The van der Waals surface area contributed by atoms with E-state index in [0.717, 1.165) is 4.88 Å². The van der Waals surface area contributed by atoms with Crippen LogP contribution in [0.2, 0.25) is 0 Å². The molecule has 1 aromatic heterocycles. The highest BCUT2D eigenvalue weighted by Crippen LogP contribution is 2.33. The lowest BCUT2D eigenvalue weighted by Gasteiger charge is -2.14. The Morgan fingerprint density at radius 1 is 1.50 bits per heavy atom. The van der Waals surface area contributed by atoms with Gasteiger partial charge in [0.2, 0.25) is 0 Å². The van der Waals surface area contributed by atoms with Crippen molar-refractivity contribution in [2.75, 3.05) is 12.8 Å². The van der Waals surface area contributed by atoms with Crippen LogP contribution < -0.4 is 11.1 Å². The molecule has 1 aromatic rings. The number of thiophene rings is 1. The zero-order chi connectivity index (χ0) is 10.9. The van der Waals surface area contributed by atoms with E-state index >= 15 is 0 Å². The molecule has 1 rings (SSSR count). The standard InChI is InChI=1S/C10H16N2OS/c1-10(2,3)7-5-6(11)8(14-7)9(13)12-4/h5H,11H2,1-4H3,(H,12,13). The fraction of sp³-hybridized carbons (Fsp3) is 0.500. The Balaban J connectivity index is 3.12. The monoisotopic (exact) mass is 212 g/mol. The van der Waals surface area contributed by atoms with Crippen LogP contribution in [0.5, 0.6) is 0 Å². The van der Waals surface area contributed by atoms with Crippen LogP contribution in [0.4, 0.5) is 5.69 Å². The number of nitrogens with one attached hydrogen (secondary N) is 1. The molecule has 1 heterocycles.